The number of nitrogen functional groups attached to an aromatic ring is 1. The van der Waals surface area contributed by atoms with Crippen LogP contribution in [-0.2, 0) is 17.5 Å². The van der Waals surface area contributed by atoms with Crippen molar-refractivity contribution in [3.05, 3.63) is 89.5 Å². The van der Waals surface area contributed by atoms with Crippen molar-refractivity contribution in [1.82, 2.24) is 24.9 Å². The molecule has 0 saturated carbocycles. The van der Waals surface area contributed by atoms with Gasteiger partial charge in [0.05, 0.1) is 24.3 Å². The van der Waals surface area contributed by atoms with Crippen molar-refractivity contribution < 1.29 is 22.7 Å². The van der Waals surface area contributed by atoms with Crippen molar-refractivity contribution >= 4 is 17.4 Å². The number of halogens is 3. The molecule has 4 aromatic rings. The number of carbonyl (C=O) groups excluding carboxylic acids is 1. The Morgan fingerprint density at radius 3 is 2.58 bits per heavy atom. The number of nitrogens with two attached hydrogens (primary N) is 1. The molecule has 3 N–H and O–H groups in total. The summed E-state index contributed by atoms with van der Waals surface area (Å²) in [6, 6.07) is 13.5. The van der Waals surface area contributed by atoms with Gasteiger partial charge in [-0.2, -0.15) is 13.2 Å². The monoisotopic (exact) mass is 456 g/mol. The first-order chi connectivity index (χ1) is 15.8. The molecular weight excluding hydrogens is 437 g/mol. The minimum absolute atomic E-state index is 0.0555. The Morgan fingerprint density at radius 2 is 1.88 bits per heavy atom. The van der Waals surface area contributed by atoms with E-state index in [0.717, 1.165) is 17.8 Å². The molecule has 11 heteroatoms. The Morgan fingerprint density at radius 1 is 1.09 bits per heavy atom. The van der Waals surface area contributed by atoms with Crippen LogP contribution in [-0.4, -0.2) is 32.1 Å². The van der Waals surface area contributed by atoms with Gasteiger partial charge in [0.2, 0.25) is 0 Å². The predicted octanol–water partition coefficient (Wildman–Crippen LogP) is 3.41. The zero-order valence-corrected chi connectivity index (χ0v) is 17.2. The first kappa shape index (κ1) is 22.2. The van der Waals surface area contributed by atoms with Gasteiger partial charge in [-0.05, 0) is 29.8 Å². The number of carbonyl (C=O) groups is 1. The van der Waals surface area contributed by atoms with E-state index >= 15 is 0 Å². The lowest BCUT2D eigenvalue weighted by molar-refractivity contribution is -0.137. The topological polar surface area (TPSA) is 107 Å². The first-order valence-electron chi connectivity index (χ1n) is 9.87. The quantitative estimate of drug-likeness (QED) is 0.441. The van der Waals surface area contributed by atoms with Crippen molar-refractivity contribution in [2.75, 3.05) is 12.3 Å². The van der Waals surface area contributed by atoms with Crippen molar-refractivity contribution in [1.29, 1.82) is 0 Å². The lowest BCUT2D eigenvalue weighted by Crippen LogP contribution is -2.33. The molecule has 33 heavy (non-hydrogen) atoms. The van der Waals surface area contributed by atoms with Crippen LogP contribution < -0.4 is 11.1 Å². The van der Waals surface area contributed by atoms with E-state index in [1.807, 2.05) is 30.3 Å². The highest BCUT2D eigenvalue weighted by atomic mass is 19.4. The molecule has 0 fully saturated rings. The summed E-state index contributed by atoms with van der Waals surface area (Å²) in [5.41, 5.74) is 6.02. The van der Waals surface area contributed by atoms with Gasteiger partial charge in [0.15, 0.2) is 11.5 Å². The molecule has 4 rings (SSSR count). The average molecular weight is 456 g/mol. The van der Waals surface area contributed by atoms with Crippen LogP contribution in [0, 0.1) is 0 Å². The summed E-state index contributed by atoms with van der Waals surface area (Å²) in [7, 11) is 0. The molecule has 0 bridgehead atoms. The predicted molar refractivity (Wildman–Crippen MR) is 113 cm³/mol. The van der Waals surface area contributed by atoms with Gasteiger partial charge in [-0.1, -0.05) is 30.3 Å². The van der Waals surface area contributed by atoms with Gasteiger partial charge in [0, 0.05) is 12.4 Å². The Balaban J connectivity index is 1.62. The maximum Gasteiger partial charge on any atom is 0.417 e. The Kier molecular flexibility index (Phi) is 6.22. The number of benzene rings is 1. The van der Waals surface area contributed by atoms with Gasteiger partial charge >= 0.3 is 6.18 Å². The summed E-state index contributed by atoms with van der Waals surface area (Å²) < 4.78 is 46.7. The van der Waals surface area contributed by atoms with Crippen LogP contribution in [0.25, 0.3) is 5.65 Å². The molecule has 1 aromatic carbocycles. The highest BCUT2D eigenvalue weighted by Gasteiger charge is 2.32. The van der Waals surface area contributed by atoms with E-state index < -0.39 is 23.7 Å². The molecule has 8 nitrogen and oxygen atoms in total. The number of alkyl halides is 3. The first-order valence-corrected chi connectivity index (χ1v) is 9.87. The van der Waals surface area contributed by atoms with Crippen molar-refractivity contribution in [2.45, 2.75) is 18.8 Å². The second-order valence-corrected chi connectivity index (χ2v) is 7.20. The van der Waals surface area contributed by atoms with E-state index in [1.165, 1.54) is 28.8 Å². The number of nitrogens with one attached hydrogen (secondary N) is 1. The number of amides is 1. The number of fused-ring (bicyclic) bond motifs is 1. The second-order valence-electron chi connectivity index (χ2n) is 7.20. The van der Waals surface area contributed by atoms with Crippen molar-refractivity contribution in [2.24, 2.45) is 0 Å². The molecule has 0 spiro atoms. The smallest absolute Gasteiger partial charge is 0.384 e. The highest BCUT2D eigenvalue weighted by Crippen LogP contribution is 2.29. The van der Waals surface area contributed by atoms with Crippen LogP contribution >= 0.6 is 0 Å². The van der Waals surface area contributed by atoms with Gasteiger partial charge in [-0.3, -0.25) is 9.20 Å². The maximum absolute atomic E-state index is 13.2. The minimum atomic E-state index is -4.55. The van der Waals surface area contributed by atoms with Crippen LogP contribution in [0.5, 0.6) is 0 Å². The number of ether oxygens (including phenoxy) is 1. The van der Waals surface area contributed by atoms with Crippen LogP contribution in [0.2, 0.25) is 0 Å². The number of hydrogen-bond acceptors (Lipinski definition) is 6. The van der Waals surface area contributed by atoms with Gasteiger partial charge in [-0.25, -0.2) is 4.98 Å². The van der Waals surface area contributed by atoms with Crippen LogP contribution in [0.4, 0.5) is 19.0 Å². The number of rotatable bonds is 7. The molecule has 1 atom stereocenters. The molecule has 0 unspecified atom stereocenters. The lowest BCUT2D eigenvalue weighted by Gasteiger charge is -2.18. The Hall–Kier alpha value is -3.99. The van der Waals surface area contributed by atoms with E-state index in [1.54, 1.807) is 0 Å². The van der Waals surface area contributed by atoms with Crippen molar-refractivity contribution in [3.8, 4) is 0 Å². The summed E-state index contributed by atoms with van der Waals surface area (Å²) in [4.78, 5) is 16.7. The second kappa shape index (κ2) is 9.25. The Labute approximate surface area is 186 Å². The summed E-state index contributed by atoms with van der Waals surface area (Å²) in [6.07, 6.45) is -2.35. The summed E-state index contributed by atoms with van der Waals surface area (Å²) in [6.45, 7) is 0.182. The molecule has 0 aliphatic carbocycles. The van der Waals surface area contributed by atoms with E-state index in [2.05, 4.69) is 20.5 Å². The largest absolute Gasteiger partial charge is 0.417 e. The molecular formula is C22H19F3N6O2. The summed E-state index contributed by atoms with van der Waals surface area (Å²) in [5, 5.41) is 10.7. The molecule has 0 aliphatic heterocycles. The van der Waals surface area contributed by atoms with Crippen LogP contribution in [0.15, 0.2) is 67.0 Å². The molecule has 0 saturated heterocycles. The summed E-state index contributed by atoms with van der Waals surface area (Å²) >= 11 is 0. The normalized spacial score (nSPS) is 12.6. The number of nitrogens with zero attached hydrogens (tertiary/aromatic N) is 4. The van der Waals surface area contributed by atoms with E-state index in [9.17, 15) is 18.0 Å². The van der Waals surface area contributed by atoms with Crippen molar-refractivity contribution in [3.63, 3.8) is 0 Å². The van der Waals surface area contributed by atoms with Gasteiger partial charge in [0.25, 0.3) is 5.91 Å². The zero-order chi connectivity index (χ0) is 23.4. The summed E-state index contributed by atoms with van der Waals surface area (Å²) in [5.74, 6) is -0.169. The van der Waals surface area contributed by atoms with Crippen LogP contribution in [0.1, 0.15) is 33.4 Å². The number of hydrogen-bond donors (Lipinski definition) is 2. The van der Waals surface area contributed by atoms with Crippen LogP contribution in [0.3, 0.4) is 0 Å². The third-order valence-corrected chi connectivity index (χ3v) is 4.82. The Bertz CT molecular complexity index is 1240. The molecule has 0 radical (unpaired) electrons. The molecule has 3 heterocycles. The molecule has 0 aliphatic rings. The third-order valence-electron chi connectivity index (χ3n) is 4.82. The number of anilines is 1. The third kappa shape index (κ3) is 5.26. The van der Waals surface area contributed by atoms with Gasteiger partial charge < -0.3 is 15.8 Å². The van der Waals surface area contributed by atoms with E-state index in [0.29, 0.717) is 0 Å². The fraction of sp³-hybridized carbons (Fsp3) is 0.182. The zero-order valence-electron chi connectivity index (χ0n) is 17.2. The lowest BCUT2D eigenvalue weighted by atomic mass is 10.2. The average Bonchev–Trinajstić information content (AvgIpc) is 3.22. The number of pyridine rings is 2. The highest BCUT2D eigenvalue weighted by molar-refractivity contribution is 5.94. The van der Waals surface area contributed by atoms with E-state index in [4.69, 9.17) is 10.5 Å². The SMILES string of the molecule is Nc1ccc(C(=O)N[C@H](COCc2ccccc2)c2nnc3ccc(C(F)(F)F)cn23)cn1. The van der Waals surface area contributed by atoms with Gasteiger partial charge in [-0.15, -0.1) is 10.2 Å². The fourth-order valence-corrected chi connectivity index (χ4v) is 3.14. The fourth-order valence-electron chi connectivity index (χ4n) is 3.14. The maximum atomic E-state index is 13.2. The minimum Gasteiger partial charge on any atom is -0.384 e. The standard InChI is InChI=1S/C22H19F3N6O2/c23-22(24,25)16-7-9-19-29-30-20(31(19)11-16)17(13-33-12-14-4-2-1-3-5-14)28-21(32)15-6-8-18(26)27-10-15/h1-11,17H,12-13H2,(H2,26,27)(H,28,32)/t17-/m1/s1. The van der Waals surface area contributed by atoms with E-state index in [-0.39, 0.29) is 36.1 Å². The number of aromatic nitrogens is 4. The van der Waals surface area contributed by atoms with Gasteiger partial charge in [0.1, 0.15) is 11.9 Å². The molecule has 1 amide bonds. The molecule has 3 aromatic heterocycles. The molecule has 170 valence electrons.